The monoisotopic (exact) mass is 232 g/mol. The summed E-state index contributed by atoms with van der Waals surface area (Å²) in [6.45, 7) is 4.55. The molecule has 1 fully saturated rings. The highest BCUT2D eigenvalue weighted by atomic mass is 16.7. The standard InChI is InChI=1S/C15H20O2/c1-2-3-6-13-8-10-14(11-9-13)17-15-7-4-5-12-16-15/h2,8-11,15H,1,3-7,12H2/t15-/m1/s1. The van der Waals surface area contributed by atoms with Crippen molar-refractivity contribution < 1.29 is 9.47 Å². The van der Waals surface area contributed by atoms with Gasteiger partial charge in [0, 0.05) is 6.42 Å². The van der Waals surface area contributed by atoms with Gasteiger partial charge in [0.15, 0.2) is 6.29 Å². The third-order valence-electron chi connectivity index (χ3n) is 2.97. The molecule has 2 rings (SSSR count). The van der Waals surface area contributed by atoms with E-state index in [1.807, 2.05) is 18.2 Å². The maximum atomic E-state index is 5.77. The average Bonchev–Trinajstić information content (AvgIpc) is 2.39. The Morgan fingerprint density at radius 1 is 1.29 bits per heavy atom. The van der Waals surface area contributed by atoms with Crippen LogP contribution in [0.5, 0.6) is 5.75 Å². The third kappa shape index (κ3) is 3.90. The minimum Gasteiger partial charge on any atom is -0.465 e. The van der Waals surface area contributed by atoms with E-state index in [1.54, 1.807) is 0 Å². The second-order valence-corrected chi connectivity index (χ2v) is 4.39. The molecular formula is C15H20O2. The van der Waals surface area contributed by atoms with Gasteiger partial charge in [-0.3, -0.25) is 0 Å². The van der Waals surface area contributed by atoms with Gasteiger partial charge in [-0.1, -0.05) is 18.2 Å². The first-order valence-electron chi connectivity index (χ1n) is 6.36. The van der Waals surface area contributed by atoms with Gasteiger partial charge in [0.1, 0.15) is 5.75 Å². The number of hydrogen-bond acceptors (Lipinski definition) is 2. The van der Waals surface area contributed by atoms with Crippen molar-refractivity contribution in [2.75, 3.05) is 6.61 Å². The van der Waals surface area contributed by atoms with Crippen molar-refractivity contribution in [2.24, 2.45) is 0 Å². The van der Waals surface area contributed by atoms with Gasteiger partial charge in [-0.2, -0.15) is 0 Å². The molecule has 1 atom stereocenters. The van der Waals surface area contributed by atoms with Gasteiger partial charge in [-0.25, -0.2) is 0 Å². The summed E-state index contributed by atoms with van der Waals surface area (Å²) in [6, 6.07) is 8.27. The van der Waals surface area contributed by atoms with Crippen molar-refractivity contribution in [3.05, 3.63) is 42.5 Å². The molecule has 1 aliphatic rings. The lowest BCUT2D eigenvalue weighted by Gasteiger charge is -2.23. The molecule has 0 radical (unpaired) electrons. The molecule has 0 spiro atoms. The van der Waals surface area contributed by atoms with E-state index in [4.69, 9.17) is 9.47 Å². The molecule has 17 heavy (non-hydrogen) atoms. The predicted octanol–water partition coefficient (Wildman–Crippen LogP) is 3.71. The summed E-state index contributed by atoms with van der Waals surface area (Å²) in [5.74, 6) is 0.902. The zero-order valence-corrected chi connectivity index (χ0v) is 10.2. The smallest absolute Gasteiger partial charge is 0.199 e. The fraction of sp³-hybridized carbons (Fsp3) is 0.467. The van der Waals surface area contributed by atoms with E-state index < -0.39 is 0 Å². The molecule has 1 aliphatic heterocycles. The summed E-state index contributed by atoms with van der Waals surface area (Å²) >= 11 is 0. The van der Waals surface area contributed by atoms with Crippen molar-refractivity contribution in [3.8, 4) is 5.75 Å². The molecule has 0 bridgehead atoms. The summed E-state index contributed by atoms with van der Waals surface area (Å²) in [5.41, 5.74) is 1.32. The zero-order valence-electron chi connectivity index (χ0n) is 10.2. The lowest BCUT2D eigenvalue weighted by Crippen LogP contribution is -2.24. The second-order valence-electron chi connectivity index (χ2n) is 4.39. The summed E-state index contributed by atoms with van der Waals surface area (Å²) in [5, 5.41) is 0. The highest BCUT2D eigenvalue weighted by molar-refractivity contribution is 5.27. The molecule has 0 N–H and O–H groups in total. The first kappa shape index (κ1) is 12.2. The Kier molecular flexibility index (Phi) is 4.63. The Morgan fingerprint density at radius 3 is 2.76 bits per heavy atom. The molecule has 1 heterocycles. The lowest BCUT2D eigenvalue weighted by atomic mass is 10.1. The topological polar surface area (TPSA) is 18.5 Å². The van der Waals surface area contributed by atoms with Crippen LogP contribution in [0.2, 0.25) is 0 Å². The Hall–Kier alpha value is -1.28. The summed E-state index contributed by atoms with van der Waals surface area (Å²) in [7, 11) is 0. The Balaban J connectivity index is 1.86. The quantitative estimate of drug-likeness (QED) is 0.720. The zero-order chi connectivity index (χ0) is 11.9. The number of aryl methyl sites for hydroxylation is 1. The number of hydrogen-bond donors (Lipinski definition) is 0. The van der Waals surface area contributed by atoms with Crippen LogP contribution in [0.1, 0.15) is 31.2 Å². The number of ether oxygens (including phenoxy) is 2. The van der Waals surface area contributed by atoms with Crippen molar-refractivity contribution in [2.45, 2.75) is 38.4 Å². The van der Waals surface area contributed by atoms with E-state index in [1.165, 1.54) is 12.0 Å². The molecule has 0 saturated carbocycles. The molecule has 1 saturated heterocycles. The van der Waals surface area contributed by atoms with Crippen LogP contribution in [0, 0.1) is 0 Å². The first-order valence-corrected chi connectivity index (χ1v) is 6.36. The molecule has 0 amide bonds. The largest absolute Gasteiger partial charge is 0.465 e. The molecular weight excluding hydrogens is 212 g/mol. The van der Waals surface area contributed by atoms with Gasteiger partial charge >= 0.3 is 0 Å². The SMILES string of the molecule is C=CCCc1ccc(O[C@@H]2CCCCO2)cc1. The number of allylic oxidation sites excluding steroid dienone is 1. The molecule has 0 aliphatic carbocycles. The number of benzene rings is 1. The van der Waals surface area contributed by atoms with Crippen molar-refractivity contribution >= 4 is 0 Å². The molecule has 0 unspecified atom stereocenters. The maximum absolute atomic E-state index is 5.77. The van der Waals surface area contributed by atoms with Crippen molar-refractivity contribution in [1.82, 2.24) is 0 Å². The fourth-order valence-electron chi connectivity index (χ4n) is 1.96. The van der Waals surface area contributed by atoms with Crippen LogP contribution in [0.15, 0.2) is 36.9 Å². The van der Waals surface area contributed by atoms with E-state index >= 15 is 0 Å². The lowest BCUT2D eigenvalue weighted by molar-refractivity contribution is -0.105. The maximum Gasteiger partial charge on any atom is 0.199 e. The van der Waals surface area contributed by atoms with Crippen LogP contribution in [0.4, 0.5) is 0 Å². The molecule has 1 aromatic carbocycles. The highest BCUT2D eigenvalue weighted by Gasteiger charge is 2.14. The summed E-state index contributed by atoms with van der Waals surface area (Å²) in [6.07, 6.45) is 7.30. The van der Waals surface area contributed by atoms with Crippen molar-refractivity contribution in [1.29, 1.82) is 0 Å². The molecule has 92 valence electrons. The fourth-order valence-corrected chi connectivity index (χ4v) is 1.96. The normalized spacial score (nSPS) is 19.9. The first-order chi connectivity index (χ1) is 8.38. The van der Waals surface area contributed by atoms with E-state index in [0.29, 0.717) is 0 Å². The molecule has 0 aromatic heterocycles. The Morgan fingerprint density at radius 2 is 2.12 bits per heavy atom. The van der Waals surface area contributed by atoms with E-state index in [0.717, 1.165) is 38.0 Å². The van der Waals surface area contributed by atoms with Crippen LogP contribution in [-0.2, 0) is 11.2 Å². The van der Waals surface area contributed by atoms with Gasteiger partial charge in [-0.05, 0) is 43.4 Å². The van der Waals surface area contributed by atoms with Crippen molar-refractivity contribution in [3.63, 3.8) is 0 Å². The van der Waals surface area contributed by atoms with Crippen LogP contribution in [0.3, 0.4) is 0 Å². The van der Waals surface area contributed by atoms with Crippen LogP contribution in [-0.4, -0.2) is 12.9 Å². The molecule has 2 heteroatoms. The minimum atomic E-state index is -0.0530. The Bertz CT molecular complexity index is 336. The second kappa shape index (κ2) is 6.45. The predicted molar refractivity (Wildman–Crippen MR) is 69.2 cm³/mol. The van der Waals surface area contributed by atoms with Gasteiger partial charge < -0.3 is 9.47 Å². The third-order valence-corrected chi connectivity index (χ3v) is 2.97. The summed E-state index contributed by atoms with van der Waals surface area (Å²) < 4.78 is 11.3. The van der Waals surface area contributed by atoms with Crippen LogP contribution >= 0.6 is 0 Å². The highest BCUT2D eigenvalue weighted by Crippen LogP contribution is 2.19. The minimum absolute atomic E-state index is 0.0530. The van der Waals surface area contributed by atoms with Gasteiger partial charge in [0.25, 0.3) is 0 Å². The molecule has 1 aromatic rings. The Labute approximate surface area is 103 Å². The van der Waals surface area contributed by atoms with Crippen LogP contribution in [0.25, 0.3) is 0 Å². The van der Waals surface area contributed by atoms with Gasteiger partial charge in [0.2, 0.25) is 0 Å². The summed E-state index contributed by atoms with van der Waals surface area (Å²) in [4.78, 5) is 0. The molecule has 2 nitrogen and oxygen atoms in total. The van der Waals surface area contributed by atoms with Gasteiger partial charge in [0.05, 0.1) is 6.61 Å². The van der Waals surface area contributed by atoms with E-state index in [2.05, 4.69) is 18.7 Å². The van der Waals surface area contributed by atoms with E-state index in [-0.39, 0.29) is 6.29 Å². The van der Waals surface area contributed by atoms with Gasteiger partial charge in [-0.15, -0.1) is 6.58 Å². The van der Waals surface area contributed by atoms with Crippen LogP contribution < -0.4 is 4.74 Å². The number of rotatable bonds is 5. The van der Waals surface area contributed by atoms with E-state index in [9.17, 15) is 0 Å². The average molecular weight is 232 g/mol.